The van der Waals surface area contributed by atoms with Crippen LogP contribution in [0.25, 0.3) is 21.3 Å². The Morgan fingerprint density at radius 1 is 1.11 bits per heavy atom. The molecule has 0 saturated heterocycles. The van der Waals surface area contributed by atoms with E-state index in [-0.39, 0.29) is 6.42 Å². The Labute approximate surface area is 170 Å². The van der Waals surface area contributed by atoms with Crippen molar-refractivity contribution in [2.75, 3.05) is 5.32 Å². The Morgan fingerprint density at radius 2 is 1.82 bits per heavy atom. The number of halogens is 1. The molecule has 5 nitrogen and oxygen atoms in total. The van der Waals surface area contributed by atoms with E-state index < -0.39 is 5.97 Å². The van der Waals surface area contributed by atoms with Gasteiger partial charge in [0, 0.05) is 21.2 Å². The van der Waals surface area contributed by atoms with Gasteiger partial charge in [-0.15, -0.1) is 11.3 Å². The first kappa shape index (κ1) is 18.4. The van der Waals surface area contributed by atoms with Crippen LogP contribution < -0.4 is 5.32 Å². The number of aromatic nitrogens is 2. The molecule has 0 radical (unpaired) electrons. The predicted molar refractivity (Wildman–Crippen MR) is 114 cm³/mol. The Balaban J connectivity index is 1.75. The lowest BCUT2D eigenvalue weighted by molar-refractivity contribution is -0.136. The molecule has 0 aliphatic carbocycles. The summed E-state index contributed by atoms with van der Waals surface area (Å²) in [5.74, 6) is -0.134. The summed E-state index contributed by atoms with van der Waals surface area (Å²) in [6, 6.07) is 15.0. The van der Waals surface area contributed by atoms with Crippen LogP contribution in [0.1, 0.15) is 10.4 Å². The summed E-state index contributed by atoms with van der Waals surface area (Å²) in [5.41, 5.74) is 3.73. The van der Waals surface area contributed by atoms with E-state index in [0.29, 0.717) is 10.8 Å². The number of anilines is 2. The van der Waals surface area contributed by atoms with Gasteiger partial charge in [-0.3, -0.25) is 4.79 Å². The number of hydrogen-bond donors (Lipinski definition) is 2. The third-order valence-electron chi connectivity index (χ3n) is 4.37. The minimum atomic E-state index is -0.848. The third kappa shape index (κ3) is 3.69. The van der Waals surface area contributed by atoms with E-state index >= 15 is 0 Å². The summed E-state index contributed by atoms with van der Waals surface area (Å²) < 4.78 is 0. The predicted octanol–water partition coefficient (Wildman–Crippen LogP) is 5.69. The fraction of sp³-hybridized carbons (Fsp3) is 0.0952. The Hall–Kier alpha value is -2.96. The highest BCUT2D eigenvalue weighted by molar-refractivity contribution is 7.19. The first-order valence-electron chi connectivity index (χ1n) is 8.59. The quantitative estimate of drug-likeness (QED) is 0.442. The number of thiophene rings is 1. The summed E-state index contributed by atoms with van der Waals surface area (Å²) in [4.78, 5) is 21.8. The van der Waals surface area contributed by atoms with Crippen LogP contribution in [0, 0.1) is 6.92 Å². The van der Waals surface area contributed by atoms with Crippen molar-refractivity contribution in [2.24, 2.45) is 0 Å². The molecule has 0 saturated carbocycles. The fourth-order valence-electron chi connectivity index (χ4n) is 3.12. The number of nitrogens with one attached hydrogen (secondary N) is 1. The SMILES string of the molecule is Cc1sc2ncnc(Nc3ccc(CC(=O)O)cc3)c2c1-c1ccc(Cl)cc1. The van der Waals surface area contributed by atoms with Gasteiger partial charge in [-0.1, -0.05) is 35.9 Å². The first-order chi connectivity index (χ1) is 13.5. The smallest absolute Gasteiger partial charge is 0.307 e. The van der Waals surface area contributed by atoms with Crippen LogP contribution in [0.4, 0.5) is 11.5 Å². The molecule has 2 aromatic carbocycles. The molecule has 2 heterocycles. The molecule has 2 aromatic heterocycles. The molecule has 0 amide bonds. The highest BCUT2D eigenvalue weighted by Gasteiger charge is 2.17. The van der Waals surface area contributed by atoms with E-state index in [1.807, 2.05) is 36.4 Å². The Bertz CT molecular complexity index is 1150. The Kier molecular flexibility index (Phi) is 4.98. The van der Waals surface area contributed by atoms with Crippen molar-refractivity contribution >= 4 is 50.6 Å². The summed E-state index contributed by atoms with van der Waals surface area (Å²) in [6.45, 7) is 2.07. The largest absolute Gasteiger partial charge is 0.481 e. The number of rotatable bonds is 5. The van der Waals surface area contributed by atoms with E-state index in [9.17, 15) is 4.79 Å². The molecule has 28 heavy (non-hydrogen) atoms. The van der Waals surface area contributed by atoms with Crippen molar-refractivity contribution in [1.29, 1.82) is 0 Å². The van der Waals surface area contributed by atoms with Crippen LogP contribution in [-0.4, -0.2) is 21.0 Å². The number of aliphatic carboxylic acids is 1. The summed E-state index contributed by atoms with van der Waals surface area (Å²) in [6.07, 6.45) is 1.55. The van der Waals surface area contributed by atoms with E-state index in [1.54, 1.807) is 29.8 Å². The second-order valence-electron chi connectivity index (χ2n) is 6.34. The zero-order valence-electron chi connectivity index (χ0n) is 14.9. The monoisotopic (exact) mass is 409 g/mol. The maximum atomic E-state index is 10.8. The molecular weight excluding hydrogens is 394 g/mol. The number of carboxylic acid groups (broad SMARTS) is 1. The summed E-state index contributed by atoms with van der Waals surface area (Å²) in [5, 5.41) is 13.9. The number of carboxylic acids is 1. The number of benzene rings is 2. The zero-order valence-corrected chi connectivity index (χ0v) is 16.5. The van der Waals surface area contributed by atoms with Gasteiger partial charge < -0.3 is 10.4 Å². The average Bonchev–Trinajstić information content (AvgIpc) is 3.00. The lowest BCUT2D eigenvalue weighted by Gasteiger charge is -2.10. The lowest BCUT2D eigenvalue weighted by atomic mass is 10.0. The molecule has 0 spiro atoms. The van der Waals surface area contributed by atoms with Gasteiger partial charge in [0.15, 0.2) is 0 Å². The second kappa shape index (κ2) is 7.58. The zero-order chi connectivity index (χ0) is 19.7. The van der Waals surface area contributed by atoms with E-state index in [0.717, 1.165) is 37.5 Å². The van der Waals surface area contributed by atoms with Gasteiger partial charge in [0.25, 0.3) is 0 Å². The normalized spacial score (nSPS) is 10.9. The Morgan fingerprint density at radius 3 is 2.50 bits per heavy atom. The molecule has 0 bridgehead atoms. The molecule has 0 fully saturated rings. The van der Waals surface area contributed by atoms with Gasteiger partial charge >= 0.3 is 5.97 Å². The molecule has 2 N–H and O–H groups in total. The van der Waals surface area contributed by atoms with Crippen molar-refractivity contribution < 1.29 is 9.90 Å². The van der Waals surface area contributed by atoms with Crippen LogP contribution in [0.3, 0.4) is 0 Å². The van der Waals surface area contributed by atoms with Crippen molar-refractivity contribution in [1.82, 2.24) is 9.97 Å². The molecular formula is C21H16ClN3O2S. The maximum Gasteiger partial charge on any atom is 0.307 e. The molecule has 0 unspecified atom stereocenters. The van der Waals surface area contributed by atoms with E-state index in [1.165, 1.54) is 0 Å². The van der Waals surface area contributed by atoms with Gasteiger partial charge in [-0.2, -0.15) is 0 Å². The van der Waals surface area contributed by atoms with Crippen molar-refractivity contribution in [3.8, 4) is 11.1 Å². The topological polar surface area (TPSA) is 75.1 Å². The third-order valence-corrected chi connectivity index (χ3v) is 5.63. The van der Waals surface area contributed by atoms with Gasteiger partial charge in [0.2, 0.25) is 0 Å². The molecule has 4 rings (SSSR count). The molecule has 0 aliphatic heterocycles. The number of aryl methyl sites for hydroxylation is 1. The van der Waals surface area contributed by atoms with Crippen LogP contribution >= 0.6 is 22.9 Å². The van der Waals surface area contributed by atoms with Crippen molar-refractivity contribution in [2.45, 2.75) is 13.3 Å². The molecule has 140 valence electrons. The van der Waals surface area contributed by atoms with Gasteiger partial charge in [0.1, 0.15) is 17.0 Å². The van der Waals surface area contributed by atoms with E-state index in [4.69, 9.17) is 16.7 Å². The standard InChI is InChI=1S/C21H16ClN3O2S/c1-12-18(14-4-6-15(22)7-5-14)19-20(23-11-24-21(19)28-12)25-16-8-2-13(3-9-16)10-17(26)27/h2-9,11H,10H2,1H3,(H,26,27)(H,23,24,25). The van der Waals surface area contributed by atoms with Crippen LogP contribution in [0.15, 0.2) is 54.9 Å². The molecule has 0 atom stereocenters. The van der Waals surface area contributed by atoms with Gasteiger partial charge in [-0.05, 0) is 42.3 Å². The minimum Gasteiger partial charge on any atom is -0.481 e. The van der Waals surface area contributed by atoms with Crippen LogP contribution in [-0.2, 0) is 11.2 Å². The summed E-state index contributed by atoms with van der Waals surface area (Å²) >= 11 is 7.67. The molecule has 7 heteroatoms. The number of fused-ring (bicyclic) bond motifs is 1. The van der Waals surface area contributed by atoms with Gasteiger partial charge in [0.05, 0.1) is 11.8 Å². The highest BCUT2D eigenvalue weighted by atomic mass is 35.5. The fourth-order valence-corrected chi connectivity index (χ4v) is 4.26. The average molecular weight is 410 g/mol. The summed E-state index contributed by atoms with van der Waals surface area (Å²) in [7, 11) is 0. The van der Waals surface area contributed by atoms with Crippen LogP contribution in [0.5, 0.6) is 0 Å². The maximum absolute atomic E-state index is 10.8. The molecule has 0 aliphatic rings. The van der Waals surface area contributed by atoms with Gasteiger partial charge in [-0.25, -0.2) is 9.97 Å². The van der Waals surface area contributed by atoms with Crippen molar-refractivity contribution in [3.05, 3.63) is 70.3 Å². The minimum absolute atomic E-state index is 0.00245. The molecule has 4 aromatic rings. The second-order valence-corrected chi connectivity index (χ2v) is 7.97. The first-order valence-corrected chi connectivity index (χ1v) is 9.78. The van der Waals surface area contributed by atoms with Crippen molar-refractivity contribution in [3.63, 3.8) is 0 Å². The van der Waals surface area contributed by atoms with E-state index in [2.05, 4.69) is 22.2 Å². The lowest BCUT2D eigenvalue weighted by Crippen LogP contribution is -2.00. The number of hydrogen-bond acceptors (Lipinski definition) is 5. The number of carbonyl (C=O) groups is 1. The highest BCUT2D eigenvalue weighted by Crippen LogP contribution is 2.41. The van der Waals surface area contributed by atoms with Crippen LogP contribution in [0.2, 0.25) is 5.02 Å². The number of nitrogens with zero attached hydrogens (tertiary/aromatic N) is 2.